The number of hydroxylamine groups is 1. The maximum Gasteiger partial charge on any atom is 0.509 e. The van der Waals surface area contributed by atoms with Crippen molar-refractivity contribution < 1.29 is 92.3 Å². The number of ether oxygens (including phenoxy) is 7. The summed E-state index contributed by atoms with van der Waals surface area (Å²) in [6.45, 7) is 17.8. The summed E-state index contributed by atoms with van der Waals surface area (Å²) < 4.78 is 51.6. The van der Waals surface area contributed by atoms with E-state index >= 15 is 0 Å². The van der Waals surface area contributed by atoms with Crippen LogP contribution in [0.25, 0.3) is 21.9 Å². The molecule has 3 aliphatic heterocycles. The average Bonchev–Trinajstić information content (AvgIpc) is 3.74. The molecule has 7 rings (SSSR count). The highest BCUT2D eigenvalue weighted by Crippen LogP contribution is 2.44. The number of ketones is 1. The Morgan fingerprint density at radius 1 is 0.781 bits per heavy atom. The minimum Gasteiger partial charge on any atom is -0.506 e. The Hall–Kier alpha value is -6.94. The number of aryl methyl sites for hydroxylation is 2. The van der Waals surface area contributed by atoms with E-state index in [9.17, 15) is 39.3 Å². The molecular weight excluding hydrogens is 965 g/mol. The molecule has 8 unspecified atom stereocenters. The first-order valence-electron chi connectivity index (χ1n) is 23.1. The van der Waals surface area contributed by atoms with Crippen molar-refractivity contribution in [1.82, 2.24) is 5.48 Å². The zero-order chi connectivity index (χ0) is 52.3. The first kappa shape index (κ1) is 58.6. The second kappa shape index (κ2) is 23.7. The Morgan fingerprint density at radius 2 is 1.29 bits per heavy atom. The monoisotopic (exact) mass is 1030 g/mol. The van der Waals surface area contributed by atoms with Crippen LogP contribution in [0.15, 0.2) is 47.8 Å². The summed E-state index contributed by atoms with van der Waals surface area (Å²) in [4.78, 5) is 70.9. The second-order valence-electron chi connectivity index (χ2n) is 17.7. The lowest BCUT2D eigenvalue weighted by Gasteiger charge is -2.48. The van der Waals surface area contributed by atoms with E-state index in [0.717, 1.165) is 0 Å². The maximum absolute atomic E-state index is 12.8. The van der Waals surface area contributed by atoms with Crippen molar-refractivity contribution in [1.29, 1.82) is 0 Å². The van der Waals surface area contributed by atoms with Crippen molar-refractivity contribution in [2.24, 2.45) is 17.0 Å². The lowest BCUT2D eigenvalue weighted by atomic mass is 9.79. The Labute approximate surface area is 419 Å². The number of amides is 1. The number of rotatable bonds is 14. The van der Waals surface area contributed by atoms with Gasteiger partial charge in [-0.2, -0.15) is 5.48 Å². The van der Waals surface area contributed by atoms with Crippen LogP contribution in [0.2, 0.25) is 0 Å². The number of nitrogens with one attached hydrogen (secondary N) is 1. The number of aromatic hydroxyl groups is 2. The second-order valence-corrected chi connectivity index (χ2v) is 17.7. The van der Waals surface area contributed by atoms with Gasteiger partial charge in [-0.1, -0.05) is 52.6 Å². The lowest BCUT2D eigenvalue weighted by Crippen LogP contribution is -2.62. The van der Waals surface area contributed by atoms with Crippen LogP contribution in [0.1, 0.15) is 108 Å². The molecule has 73 heavy (non-hydrogen) atoms. The van der Waals surface area contributed by atoms with Crippen molar-refractivity contribution in [2.45, 2.75) is 143 Å². The lowest BCUT2D eigenvalue weighted by molar-refractivity contribution is -0.290. The van der Waals surface area contributed by atoms with Crippen LogP contribution in [0, 0.1) is 38.0 Å². The molecule has 400 valence electrons. The van der Waals surface area contributed by atoms with Crippen molar-refractivity contribution in [3.8, 4) is 35.3 Å². The average molecular weight is 1030 g/mol. The fourth-order valence-corrected chi connectivity index (χ4v) is 8.77. The number of carbonyl (C=O) groups excluding carboxylic acids is 3. The molecule has 23 nitrogen and oxygen atoms in total. The van der Waals surface area contributed by atoms with Crippen LogP contribution in [0.3, 0.4) is 0 Å². The maximum atomic E-state index is 12.8. The molecule has 0 bridgehead atoms. The molecule has 23 heteroatoms. The summed E-state index contributed by atoms with van der Waals surface area (Å²) in [6.07, 6.45) is -0.988. The Bertz CT molecular complexity index is 2870. The third kappa shape index (κ3) is 11.3. The summed E-state index contributed by atoms with van der Waals surface area (Å²) in [6, 6.07) is 6.14. The number of hydrogen-bond donors (Lipinski definition) is 4. The van der Waals surface area contributed by atoms with E-state index in [1.807, 2.05) is 34.6 Å². The van der Waals surface area contributed by atoms with Gasteiger partial charge in [0, 0.05) is 29.4 Å². The zero-order valence-electron chi connectivity index (χ0n) is 42.4. The fourth-order valence-electron chi connectivity index (χ4n) is 8.77. The number of terminal acetylenes is 1. The van der Waals surface area contributed by atoms with E-state index in [2.05, 4.69) is 16.6 Å². The molecule has 0 saturated carbocycles. The van der Waals surface area contributed by atoms with Crippen molar-refractivity contribution >= 4 is 45.7 Å². The van der Waals surface area contributed by atoms with Gasteiger partial charge in [-0.05, 0) is 71.2 Å². The van der Waals surface area contributed by atoms with Gasteiger partial charge in [-0.3, -0.25) is 9.63 Å². The van der Waals surface area contributed by atoms with E-state index in [4.69, 9.17) is 58.1 Å². The van der Waals surface area contributed by atoms with Gasteiger partial charge in [0.05, 0.1) is 27.7 Å². The highest BCUT2D eigenvalue weighted by Gasteiger charge is 2.58. The SMILES string of the molecule is C#CCONC(=O)OC1C(O)C(Oc2ccc3c(O)c(/C(CC)=N/OC)c(=O)oc3c2C)O[C@@](C)(CC)C1C.CCC(=O)c1c(O)c2ccc(OC3O[C@@](C)(CC)C(C)C4OC(=O)OC34)c(C)c2oc1=O.O.O. The van der Waals surface area contributed by atoms with Crippen LogP contribution in [-0.4, -0.2) is 112 Å². The molecule has 4 aromatic rings. The predicted octanol–water partition coefficient (Wildman–Crippen LogP) is 5.32. The number of nitrogens with zero attached hydrogens (tertiary/aromatic N) is 1. The largest absolute Gasteiger partial charge is 0.509 e. The minimum absolute atomic E-state index is 0. The van der Waals surface area contributed by atoms with Gasteiger partial charge in [0.25, 0.3) is 0 Å². The molecule has 0 aliphatic carbocycles. The number of carbonyl (C=O) groups is 3. The standard InChI is InChI=1S/C27H34N2O10.C23H26O9.2H2O/c1-8-13-35-29-26(33)38-23-15(5)27(6,10-3)39-25(21(23)31)36-18-12-11-16-20(30)19(17(9-2)28-34-7)24(32)37-22(16)14(18)4;1-6-13(24)15-16(25)12-8-9-14(10(3)17(12)29-20(15)26)28-21-19-18(30-22(27)31-19)11(4)23(5,7-2)32-21;;/h1,11-12,15,21,23,25,30-31H,9-10,13H2,2-7H3,(H,29,33);8-9,11,18-19,21,25H,6-7H2,1-5H3;2*1H2/b28-17+;;;/t15?,21?,23?,25?,27-;11?,18?,19?,21?,23-;;/m00../s1. The van der Waals surface area contributed by atoms with Gasteiger partial charge < -0.3 is 73.1 Å². The Kier molecular flexibility index (Phi) is 19.1. The topological polar surface area (TPSA) is 343 Å². The number of benzene rings is 2. The molecule has 0 radical (unpaired) electrons. The van der Waals surface area contributed by atoms with E-state index in [1.54, 1.807) is 46.8 Å². The van der Waals surface area contributed by atoms with E-state index in [0.29, 0.717) is 36.1 Å². The number of aliphatic hydroxyl groups excluding tert-OH is 1. The van der Waals surface area contributed by atoms with Crippen LogP contribution in [-0.2, 0) is 33.4 Å². The number of Topliss-reactive ketones (excluding diaryl/α,β-unsaturated/α-hetero) is 1. The number of aliphatic hydroxyl groups is 1. The molecule has 3 fully saturated rings. The fraction of sp³-hybridized carbons (Fsp3) is 0.520. The van der Waals surface area contributed by atoms with Crippen molar-refractivity contribution in [2.75, 3.05) is 13.7 Å². The molecule has 2 aromatic heterocycles. The smallest absolute Gasteiger partial charge is 0.506 e. The first-order chi connectivity index (χ1) is 33.6. The number of fused-ring (bicyclic) bond motifs is 3. The van der Waals surface area contributed by atoms with Crippen molar-refractivity contribution in [3.63, 3.8) is 0 Å². The van der Waals surface area contributed by atoms with Crippen LogP contribution >= 0.6 is 0 Å². The summed E-state index contributed by atoms with van der Waals surface area (Å²) in [7, 11) is 1.34. The van der Waals surface area contributed by atoms with Gasteiger partial charge in [0.2, 0.25) is 18.7 Å². The first-order valence-corrected chi connectivity index (χ1v) is 23.1. The molecule has 3 saturated heterocycles. The van der Waals surface area contributed by atoms with Crippen LogP contribution in [0.4, 0.5) is 9.59 Å². The summed E-state index contributed by atoms with van der Waals surface area (Å²) in [5.41, 5.74) is -0.358. The summed E-state index contributed by atoms with van der Waals surface area (Å²) in [5, 5.41) is 36.8. The molecule has 1 amide bonds. The van der Waals surface area contributed by atoms with E-state index < -0.39 is 89.1 Å². The minimum atomic E-state index is -1.40. The molecule has 0 spiro atoms. The highest BCUT2D eigenvalue weighted by molar-refractivity contribution is 6.06. The Morgan fingerprint density at radius 3 is 1.81 bits per heavy atom. The van der Waals surface area contributed by atoms with Gasteiger partial charge in [0.15, 0.2) is 18.0 Å². The van der Waals surface area contributed by atoms with Crippen LogP contribution in [0.5, 0.6) is 23.0 Å². The number of hydrogen-bond acceptors (Lipinski definition) is 20. The van der Waals surface area contributed by atoms with E-state index in [-0.39, 0.29) is 80.2 Å². The molecule has 10 atom stereocenters. The molecule has 3 aliphatic rings. The van der Waals surface area contributed by atoms with Gasteiger partial charge >= 0.3 is 23.5 Å². The molecular formula is C50H64N2O21. The number of oxime groups is 1. The quantitative estimate of drug-likeness (QED) is 0.0236. The normalized spacial score (nSPS) is 26.3. The van der Waals surface area contributed by atoms with E-state index in [1.165, 1.54) is 19.2 Å². The predicted molar refractivity (Wildman–Crippen MR) is 260 cm³/mol. The Balaban J connectivity index is 0.000000313. The third-order valence-corrected chi connectivity index (χ3v) is 13.7. The zero-order valence-corrected chi connectivity index (χ0v) is 42.4. The molecule has 8 N–H and O–H groups in total. The van der Waals surface area contributed by atoms with Gasteiger partial charge in [0.1, 0.15) is 65.1 Å². The molecule has 2 aromatic carbocycles. The van der Waals surface area contributed by atoms with Gasteiger partial charge in [-0.15, -0.1) is 6.42 Å². The summed E-state index contributed by atoms with van der Waals surface area (Å²) in [5.74, 6) is 0.964. The summed E-state index contributed by atoms with van der Waals surface area (Å²) >= 11 is 0. The molecule has 5 heterocycles. The third-order valence-electron chi connectivity index (χ3n) is 13.7. The van der Waals surface area contributed by atoms with Crippen molar-refractivity contribution in [3.05, 3.63) is 67.4 Å². The van der Waals surface area contributed by atoms with Crippen LogP contribution < -0.4 is 26.2 Å². The van der Waals surface area contributed by atoms with Gasteiger partial charge in [-0.25, -0.2) is 19.2 Å². The highest BCUT2D eigenvalue weighted by atomic mass is 16.8.